The number of benzene rings is 1. The van der Waals surface area contributed by atoms with Gasteiger partial charge in [-0.25, -0.2) is 9.97 Å². The Morgan fingerprint density at radius 2 is 1.94 bits per heavy atom. The molecule has 0 amide bonds. The Bertz CT molecular complexity index is 1100. The normalized spacial score (nSPS) is 17.3. The van der Waals surface area contributed by atoms with Crippen molar-refractivity contribution in [2.24, 2.45) is 0 Å². The van der Waals surface area contributed by atoms with Crippen LogP contribution in [0.5, 0.6) is 5.75 Å². The lowest BCUT2D eigenvalue weighted by Gasteiger charge is -2.37. The van der Waals surface area contributed by atoms with Gasteiger partial charge in [0.1, 0.15) is 11.9 Å². The van der Waals surface area contributed by atoms with Gasteiger partial charge in [-0.15, -0.1) is 0 Å². The van der Waals surface area contributed by atoms with Crippen LogP contribution in [-0.4, -0.2) is 65.5 Å². The van der Waals surface area contributed by atoms with Gasteiger partial charge in [0, 0.05) is 51.3 Å². The fraction of sp³-hybridized carbons (Fsp3) is 0.400. The lowest BCUT2D eigenvalue weighted by Crippen LogP contribution is -2.51. The van der Waals surface area contributed by atoms with E-state index >= 15 is 0 Å². The summed E-state index contributed by atoms with van der Waals surface area (Å²) >= 11 is 0. The van der Waals surface area contributed by atoms with Gasteiger partial charge in [-0.3, -0.25) is 9.88 Å². The summed E-state index contributed by atoms with van der Waals surface area (Å²) in [5, 5.41) is 3.23. The van der Waals surface area contributed by atoms with Crippen molar-refractivity contribution in [3.8, 4) is 17.0 Å². The van der Waals surface area contributed by atoms with Crippen LogP contribution in [0.1, 0.15) is 18.5 Å². The zero-order chi connectivity index (χ0) is 23.3. The fourth-order valence-corrected chi connectivity index (χ4v) is 4.12. The molecule has 5 rings (SSSR count). The first-order valence-corrected chi connectivity index (χ1v) is 11.6. The van der Waals surface area contributed by atoms with Crippen molar-refractivity contribution in [2.75, 3.05) is 44.5 Å². The number of nitrogen functional groups attached to an aromatic ring is 1. The number of nitrogens with two attached hydrogens (primary N) is 1. The minimum absolute atomic E-state index is 0.143. The van der Waals surface area contributed by atoms with Crippen LogP contribution in [0.3, 0.4) is 0 Å². The average Bonchev–Trinajstić information content (AvgIpc) is 2.84. The van der Waals surface area contributed by atoms with Crippen molar-refractivity contribution in [3.63, 3.8) is 0 Å². The van der Waals surface area contributed by atoms with E-state index in [0.29, 0.717) is 23.5 Å². The number of likely N-dealkylation sites (tertiary alicyclic amines) is 1. The van der Waals surface area contributed by atoms with Gasteiger partial charge in [-0.05, 0) is 36.4 Å². The quantitative estimate of drug-likeness (QED) is 0.488. The van der Waals surface area contributed by atoms with Crippen LogP contribution in [0.2, 0.25) is 0 Å². The Morgan fingerprint density at radius 1 is 1.09 bits per heavy atom. The molecule has 3 N–H and O–H groups in total. The van der Waals surface area contributed by atoms with E-state index in [0.717, 1.165) is 68.3 Å². The molecule has 0 bridgehead atoms. The van der Waals surface area contributed by atoms with Gasteiger partial charge in [-0.2, -0.15) is 0 Å². The van der Waals surface area contributed by atoms with E-state index in [-0.39, 0.29) is 6.10 Å². The number of hydrogen-bond donors (Lipinski definition) is 2. The van der Waals surface area contributed by atoms with Crippen LogP contribution >= 0.6 is 0 Å². The zero-order valence-electron chi connectivity index (χ0n) is 19.3. The highest BCUT2D eigenvalue weighted by Crippen LogP contribution is 2.30. The first kappa shape index (κ1) is 22.5. The maximum Gasteiger partial charge on any atom is 0.227 e. The maximum atomic E-state index is 6.28. The first-order valence-electron chi connectivity index (χ1n) is 11.6. The Labute approximate surface area is 199 Å². The molecule has 2 saturated heterocycles. The third-order valence-corrected chi connectivity index (χ3v) is 6.15. The molecule has 1 aromatic carbocycles. The minimum Gasteiger partial charge on any atom is -0.488 e. The molecule has 0 radical (unpaired) electrons. The Hall–Kier alpha value is -3.27. The van der Waals surface area contributed by atoms with E-state index in [1.165, 1.54) is 0 Å². The molecule has 9 nitrogen and oxygen atoms in total. The third-order valence-electron chi connectivity index (χ3n) is 6.15. The maximum absolute atomic E-state index is 6.28. The monoisotopic (exact) mass is 462 g/mol. The van der Waals surface area contributed by atoms with Crippen molar-refractivity contribution >= 4 is 17.3 Å². The molecule has 0 aliphatic carbocycles. The molecule has 0 unspecified atom stereocenters. The predicted octanol–water partition coefficient (Wildman–Crippen LogP) is 3.25. The highest BCUT2D eigenvalue weighted by Gasteiger charge is 2.26. The van der Waals surface area contributed by atoms with Gasteiger partial charge in [0.15, 0.2) is 0 Å². The summed E-state index contributed by atoms with van der Waals surface area (Å²) in [5.74, 6) is 1.20. The van der Waals surface area contributed by atoms with Crippen LogP contribution in [0.25, 0.3) is 11.3 Å². The van der Waals surface area contributed by atoms with Crippen LogP contribution in [0, 0.1) is 0 Å². The number of rotatable bonds is 8. The topological polar surface area (TPSA) is 108 Å². The largest absolute Gasteiger partial charge is 0.488 e. The molecule has 178 valence electrons. The smallest absolute Gasteiger partial charge is 0.227 e. The molecule has 0 atom stereocenters. The fourth-order valence-electron chi connectivity index (χ4n) is 4.12. The van der Waals surface area contributed by atoms with Gasteiger partial charge < -0.3 is 25.3 Å². The second-order valence-corrected chi connectivity index (χ2v) is 8.66. The summed E-state index contributed by atoms with van der Waals surface area (Å²) in [5.41, 5.74) is 10.4. The van der Waals surface area contributed by atoms with Crippen LogP contribution in [-0.2, 0) is 16.0 Å². The van der Waals surface area contributed by atoms with Gasteiger partial charge >= 0.3 is 0 Å². The SMILES string of the molecule is COC1CN(Cc2ccc(Nc3nccc(-c4ccc(OC5CCOCC5)c(N)c4)n3)cn2)C1. The van der Waals surface area contributed by atoms with Crippen LogP contribution < -0.4 is 15.8 Å². The lowest BCUT2D eigenvalue weighted by atomic mass is 10.1. The molecule has 0 saturated carbocycles. The number of nitrogens with zero attached hydrogens (tertiary/aromatic N) is 4. The number of aromatic nitrogens is 3. The Morgan fingerprint density at radius 3 is 2.68 bits per heavy atom. The van der Waals surface area contributed by atoms with E-state index in [9.17, 15) is 0 Å². The number of anilines is 3. The molecule has 34 heavy (non-hydrogen) atoms. The summed E-state index contributed by atoms with van der Waals surface area (Å²) < 4.78 is 16.8. The van der Waals surface area contributed by atoms with E-state index in [1.807, 2.05) is 36.4 Å². The van der Waals surface area contributed by atoms with Crippen molar-refractivity contribution in [2.45, 2.75) is 31.6 Å². The van der Waals surface area contributed by atoms with Gasteiger partial charge in [0.2, 0.25) is 5.95 Å². The third kappa shape index (κ3) is 5.44. The molecule has 3 aromatic rings. The highest BCUT2D eigenvalue weighted by molar-refractivity contribution is 5.69. The zero-order valence-corrected chi connectivity index (χ0v) is 19.3. The van der Waals surface area contributed by atoms with Crippen molar-refractivity contribution in [1.29, 1.82) is 0 Å². The number of pyridine rings is 1. The predicted molar refractivity (Wildman–Crippen MR) is 130 cm³/mol. The van der Waals surface area contributed by atoms with Gasteiger partial charge in [0.25, 0.3) is 0 Å². The molecule has 2 fully saturated rings. The first-order chi connectivity index (χ1) is 16.7. The molecule has 0 spiro atoms. The average molecular weight is 463 g/mol. The molecular weight excluding hydrogens is 432 g/mol. The molecule has 9 heteroatoms. The summed E-state index contributed by atoms with van der Waals surface area (Å²) in [4.78, 5) is 15.9. The second kappa shape index (κ2) is 10.3. The number of methoxy groups -OCH3 is 1. The van der Waals surface area contributed by atoms with Crippen molar-refractivity contribution in [3.05, 3.63) is 54.5 Å². The van der Waals surface area contributed by atoms with Crippen molar-refractivity contribution < 1.29 is 14.2 Å². The van der Waals surface area contributed by atoms with Crippen molar-refractivity contribution in [1.82, 2.24) is 19.9 Å². The molecule has 2 aromatic heterocycles. The Balaban J connectivity index is 1.21. The van der Waals surface area contributed by atoms with Gasteiger partial charge in [0.05, 0.1) is 48.3 Å². The molecule has 2 aliphatic heterocycles. The molecule has 4 heterocycles. The number of hydrogen-bond acceptors (Lipinski definition) is 9. The second-order valence-electron chi connectivity index (χ2n) is 8.66. The van der Waals surface area contributed by atoms with Crippen LogP contribution in [0.15, 0.2) is 48.8 Å². The summed E-state index contributed by atoms with van der Waals surface area (Å²) in [6, 6.07) is 11.6. The summed E-state index contributed by atoms with van der Waals surface area (Å²) in [6.45, 7) is 4.18. The van der Waals surface area contributed by atoms with E-state index in [4.69, 9.17) is 19.9 Å². The summed E-state index contributed by atoms with van der Waals surface area (Å²) in [6.07, 6.45) is 5.78. The standard InChI is InChI=1S/C25H30N6O3/c1-32-21-15-31(16-21)14-19-4-3-18(13-28-19)29-25-27-9-6-23(30-25)17-2-5-24(22(26)12-17)34-20-7-10-33-11-8-20/h2-6,9,12-13,20-21H,7-8,10-11,14-16,26H2,1H3,(H,27,29,30). The molecular formula is C25H30N6O3. The molecule has 2 aliphatic rings. The van der Waals surface area contributed by atoms with E-state index < -0.39 is 0 Å². The number of nitrogens with one attached hydrogen (secondary N) is 1. The lowest BCUT2D eigenvalue weighted by molar-refractivity contribution is -0.0339. The van der Waals surface area contributed by atoms with E-state index in [2.05, 4.69) is 25.2 Å². The van der Waals surface area contributed by atoms with Crippen LogP contribution in [0.4, 0.5) is 17.3 Å². The summed E-state index contributed by atoms with van der Waals surface area (Å²) in [7, 11) is 1.75. The van der Waals surface area contributed by atoms with Gasteiger partial charge in [-0.1, -0.05) is 0 Å². The van der Waals surface area contributed by atoms with E-state index in [1.54, 1.807) is 19.5 Å². The minimum atomic E-state index is 0.143. The highest BCUT2D eigenvalue weighted by atomic mass is 16.5. The number of ether oxygens (including phenoxy) is 3. The Kier molecular flexibility index (Phi) is 6.84.